The van der Waals surface area contributed by atoms with E-state index in [0.717, 1.165) is 31.8 Å². The third-order valence-electron chi connectivity index (χ3n) is 3.35. The van der Waals surface area contributed by atoms with Crippen LogP contribution in [0.2, 0.25) is 0 Å². The van der Waals surface area contributed by atoms with Crippen molar-refractivity contribution in [2.24, 2.45) is 0 Å². The van der Waals surface area contributed by atoms with Crippen molar-refractivity contribution in [1.29, 1.82) is 0 Å². The monoisotopic (exact) mass is 293 g/mol. The number of benzene rings is 1. The molecule has 0 amide bonds. The van der Waals surface area contributed by atoms with Crippen LogP contribution in [0.3, 0.4) is 0 Å². The maximum absolute atomic E-state index is 13.5. The normalized spacial score (nSPS) is 12.6. The highest BCUT2D eigenvalue weighted by Crippen LogP contribution is 2.23. The molecular weight excluding hydrogens is 272 g/mol. The third-order valence-corrected chi connectivity index (χ3v) is 3.35. The van der Waals surface area contributed by atoms with E-state index in [2.05, 4.69) is 28.7 Å². The molecule has 1 aromatic carbocycles. The molecule has 2 rings (SSSR count). The highest BCUT2D eigenvalue weighted by molar-refractivity contribution is 5.26. The minimum Gasteiger partial charge on any atom is -0.333 e. The smallest absolute Gasteiger partial charge is 0.159 e. The van der Waals surface area contributed by atoms with E-state index in [-0.39, 0.29) is 6.04 Å². The summed E-state index contributed by atoms with van der Waals surface area (Å²) in [6, 6.07) is 3.78. The molecule has 1 unspecified atom stereocenters. The molecule has 0 aliphatic heterocycles. The van der Waals surface area contributed by atoms with Gasteiger partial charge in [-0.05, 0) is 37.1 Å². The Morgan fingerprint density at radius 3 is 2.67 bits per heavy atom. The van der Waals surface area contributed by atoms with Crippen molar-refractivity contribution in [1.82, 2.24) is 14.9 Å². The second-order valence-electron chi connectivity index (χ2n) is 5.04. The maximum atomic E-state index is 13.5. The van der Waals surface area contributed by atoms with E-state index in [1.54, 1.807) is 12.3 Å². The van der Waals surface area contributed by atoms with Crippen LogP contribution in [0.4, 0.5) is 8.78 Å². The summed E-state index contributed by atoms with van der Waals surface area (Å²) in [7, 11) is 0. The highest BCUT2D eigenvalue weighted by atomic mass is 19.2. The summed E-state index contributed by atoms with van der Waals surface area (Å²) >= 11 is 0. The Kier molecular flexibility index (Phi) is 5.44. The van der Waals surface area contributed by atoms with E-state index in [4.69, 9.17) is 0 Å². The number of nitrogens with zero attached hydrogens (tertiary/aromatic N) is 2. The second-order valence-corrected chi connectivity index (χ2v) is 5.04. The van der Waals surface area contributed by atoms with Crippen LogP contribution in [0, 0.1) is 11.6 Å². The predicted octanol–water partition coefficient (Wildman–Crippen LogP) is 3.66. The van der Waals surface area contributed by atoms with Crippen LogP contribution in [0.1, 0.15) is 44.1 Å². The number of aromatic nitrogens is 2. The molecule has 21 heavy (non-hydrogen) atoms. The number of hydrogen-bond acceptors (Lipinski definition) is 2. The van der Waals surface area contributed by atoms with Gasteiger partial charge in [0, 0.05) is 18.9 Å². The fraction of sp³-hybridized carbons (Fsp3) is 0.438. The molecule has 1 heterocycles. The summed E-state index contributed by atoms with van der Waals surface area (Å²) in [5, 5.41) is 3.36. The lowest BCUT2D eigenvalue weighted by molar-refractivity contribution is 0.496. The minimum atomic E-state index is -0.829. The van der Waals surface area contributed by atoms with Crippen molar-refractivity contribution >= 4 is 0 Å². The Morgan fingerprint density at radius 1 is 1.19 bits per heavy atom. The van der Waals surface area contributed by atoms with Crippen molar-refractivity contribution in [3.63, 3.8) is 0 Å². The SMILES string of the molecule is CCCNC(c1ccc(F)c(F)c1)c1nccn1CCC. The van der Waals surface area contributed by atoms with Crippen LogP contribution in [-0.2, 0) is 6.54 Å². The summed E-state index contributed by atoms with van der Waals surface area (Å²) < 4.78 is 28.7. The van der Waals surface area contributed by atoms with Crippen molar-refractivity contribution < 1.29 is 8.78 Å². The van der Waals surface area contributed by atoms with Crippen LogP contribution < -0.4 is 5.32 Å². The predicted molar refractivity (Wildman–Crippen MR) is 79.0 cm³/mol. The Labute approximate surface area is 124 Å². The molecule has 0 aliphatic rings. The lowest BCUT2D eigenvalue weighted by Crippen LogP contribution is -2.26. The summed E-state index contributed by atoms with van der Waals surface area (Å²) in [6.07, 6.45) is 5.60. The van der Waals surface area contributed by atoms with Gasteiger partial charge in [-0.3, -0.25) is 0 Å². The van der Waals surface area contributed by atoms with Crippen LogP contribution in [-0.4, -0.2) is 16.1 Å². The van der Waals surface area contributed by atoms with Gasteiger partial charge in [-0.25, -0.2) is 13.8 Å². The first-order valence-electron chi connectivity index (χ1n) is 7.36. The Morgan fingerprint density at radius 2 is 2.00 bits per heavy atom. The van der Waals surface area contributed by atoms with Crippen LogP contribution in [0.5, 0.6) is 0 Å². The van der Waals surface area contributed by atoms with Crippen molar-refractivity contribution in [2.45, 2.75) is 39.3 Å². The molecule has 0 fully saturated rings. The van der Waals surface area contributed by atoms with Crippen LogP contribution in [0.15, 0.2) is 30.6 Å². The van der Waals surface area contributed by atoms with Crippen LogP contribution >= 0.6 is 0 Å². The van der Waals surface area contributed by atoms with Crippen molar-refractivity contribution in [3.8, 4) is 0 Å². The summed E-state index contributed by atoms with van der Waals surface area (Å²) in [4.78, 5) is 4.40. The molecule has 114 valence electrons. The molecule has 0 saturated heterocycles. The summed E-state index contributed by atoms with van der Waals surface area (Å²) in [6.45, 7) is 5.79. The fourth-order valence-electron chi connectivity index (χ4n) is 2.35. The molecule has 0 spiro atoms. The number of aryl methyl sites for hydroxylation is 1. The molecule has 0 radical (unpaired) electrons. The minimum absolute atomic E-state index is 0.235. The van der Waals surface area contributed by atoms with Gasteiger partial charge < -0.3 is 9.88 Å². The van der Waals surface area contributed by atoms with Gasteiger partial charge in [-0.1, -0.05) is 19.9 Å². The lowest BCUT2D eigenvalue weighted by atomic mass is 10.1. The molecule has 5 heteroatoms. The molecule has 0 aliphatic carbocycles. The van der Waals surface area contributed by atoms with Gasteiger partial charge in [0.15, 0.2) is 11.6 Å². The lowest BCUT2D eigenvalue weighted by Gasteiger charge is -2.20. The molecule has 0 bridgehead atoms. The molecule has 1 aromatic heterocycles. The van der Waals surface area contributed by atoms with Gasteiger partial charge in [-0.2, -0.15) is 0 Å². The number of hydrogen-bond donors (Lipinski definition) is 1. The summed E-state index contributed by atoms with van der Waals surface area (Å²) in [5.41, 5.74) is 0.686. The number of halogens is 2. The Bertz CT molecular complexity index is 581. The number of nitrogens with one attached hydrogen (secondary N) is 1. The Balaban J connectivity index is 2.37. The number of imidazole rings is 1. The topological polar surface area (TPSA) is 29.9 Å². The molecule has 2 aromatic rings. The van der Waals surface area contributed by atoms with E-state index in [1.165, 1.54) is 12.1 Å². The zero-order valence-corrected chi connectivity index (χ0v) is 12.4. The highest BCUT2D eigenvalue weighted by Gasteiger charge is 2.19. The first kappa shape index (κ1) is 15.6. The zero-order chi connectivity index (χ0) is 15.2. The van der Waals surface area contributed by atoms with Gasteiger partial charge in [-0.15, -0.1) is 0 Å². The molecule has 3 nitrogen and oxygen atoms in total. The number of rotatable bonds is 7. The van der Waals surface area contributed by atoms with Gasteiger partial charge in [0.1, 0.15) is 5.82 Å². The van der Waals surface area contributed by atoms with E-state index >= 15 is 0 Å². The zero-order valence-electron chi connectivity index (χ0n) is 12.4. The van der Waals surface area contributed by atoms with Crippen molar-refractivity contribution in [3.05, 3.63) is 53.6 Å². The molecular formula is C16H21F2N3. The van der Waals surface area contributed by atoms with Crippen molar-refractivity contribution in [2.75, 3.05) is 6.54 Å². The van der Waals surface area contributed by atoms with Crippen LogP contribution in [0.25, 0.3) is 0 Å². The largest absolute Gasteiger partial charge is 0.333 e. The average molecular weight is 293 g/mol. The van der Waals surface area contributed by atoms with Gasteiger partial charge in [0.05, 0.1) is 6.04 Å². The maximum Gasteiger partial charge on any atom is 0.159 e. The molecule has 0 saturated carbocycles. The Hall–Kier alpha value is -1.75. The van der Waals surface area contributed by atoms with E-state index in [0.29, 0.717) is 5.56 Å². The third kappa shape index (κ3) is 3.67. The molecule has 1 N–H and O–H groups in total. The molecule has 1 atom stereocenters. The first-order valence-corrected chi connectivity index (χ1v) is 7.36. The van der Waals surface area contributed by atoms with E-state index in [9.17, 15) is 8.78 Å². The van der Waals surface area contributed by atoms with Gasteiger partial charge in [0.25, 0.3) is 0 Å². The standard InChI is InChI=1S/C16H21F2N3/c1-3-7-19-15(12-5-6-13(17)14(18)11-12)16-20-8-10-21(16)9-4-2/h5-6,8,10-11,15,19H,3-4,7,9H2,1-2H3. The second kappa shape index (κ2) is 7.31. The average Bonchev–Trinajstić information content (AvgIpc) is 2.92. The fourth-order valence-corrected chi connectivity index (χ4v) is 2.35. The van der Waals surface area contributed by atoms with E-state index in [1.807, 2.05) is 6.20 Å². The first-order chi connectivity index (χ1) is 10.2. The summed E-state index contributed by atoms with van der Waals surface area (Å²) in [5.74, 6) is -0.828. The van der Waals surface area contributed by atoms with E-state index < -0.39 is 11.6 Å². The van der Waals surface area contributed by atoms with Gasteiger partial charge in [0.2, 0.25) is 0 Å². The van der Waals surface area contributed by atoms with Gasteiger partial charge >= 0.3 is 0 Å². The quantitative estimate of drug-likeness (QED) is 0.844.